The molecule has 0 unspecified atom stereocenters. The summed E-state index contributed by atoms with van der Waals surface area (Å²) in [4.78, 5) is 0. The first-order valence-electron chi connectivity index (χ1n) is 7.01. The van der Waals surface area contributed by atoms with Crippen molar-refractivity contribution < 1.29 is 9.47 Å². The lowest BCUT2D eigenvalue weighted by molar-refractivity contribution is 0.297. The van der Waals surface area contributed by atoms with Gasteiger partial charge in [-0.3, -0.25) is 4.68 Å². The van der Waals surface area contributed by atoms with Crippen molar-refractivity contribution in [1.82, 2.24) is 4.68 Å². The molecule has 0 saturated carbocycles. The molecule has 1 aliphatic rings. The summed E-state index contributed by atoms with van der Waals surface area (Å²) in [7, 11) is 0. The summed E-state index contributed by atoms with van der Waals surface area (Å²) in [5.41, 5.74) is 7.01. The third-order valence-corrected chi connectivity index (χ3v) is 3.52. The average molecular weight is 272 g/mol. The number of rotatable bonds is 3. The topological polar surface area (TPSA) is 35.4 Å². The van der Waals surface area contributed by atoms with Gasteiger partial charge in [-0.05, 0) is 43.7 Å². The van der Waals surface area contributed by atoms with Gasteiger partial charge in [-0.2, -0.15) is 0 Å². The summed E-state index contributed by atoms with van der Waals surface area (Å²) in [5.74, 6) is 1.70. The first kappa shape index (κ1) is 12.9. The van der Waals surface area contributed by atoms with E-state index >= 15 is 0 Å². The van der Waals surface area contributed by atoms with Crippen molar-refractivity contribution in [1.29, 1.82) is 0 Å². The van der Waals surface area contributed by atoms with Crippen LogP contribution in [0.4, 0.5) is 0 Å². The van der Waals surface area contributed by atoms with Crippen LogP contribution >= 0.6 is 0 Å². The molecule has 4 heteroatoms. The summed E-state index contributed by atoms with van der Waals surface area (Å²) in [6, 6.07) is 10.3. The number of ether oxygens (including phenoxy) is 2. The minimum Gasteiger partial charge on any atom is -0.490 e. The molecule has 1 aromatic carbocycles. The first-order valence-corrected chi connectivity index (χ1v) is 7.01. The Morgan fingerprint density at radius 1 is 1.00 bits per heavy atom. The van der Waals surface area contributed by atoms with Gasteiger partial charge in [0.15, 0.2) is 11.5 Å². The number of hydrogen-bond donors (Lipinski definition) is 1. The molecule has 0 atom stereocenters. The highest BCUT2D eigenvalue weighted by Crippen LogP contribution is 2.30. The molecular weight excluding hydrogens is 252 g/mol. The average Bonchev–Trinajstić information content (AvgIpc) is 2.67. The molecule has 0 spiro atoms. The van der Waals surface area contributed by atoms with Crippen molar-refractivity contribution in [2.45, 2.75) is 26.8 Å². The van der Waals surface area contributed by atoms with Crippen LogP contribution in [0.2, 0.25) is 0 Å². The largest absolute Gasteiger partial charge is 0.490 e. The zero-order valence-electron chi connectivity index (χ0n) is 12.0. The summed E-state index contributed by atoms with van der Waals surface area (Å²) in [6.07, 6.45) is 0.935. The maximum absolute atomic E-state index is 5.71. The number of benzene rings is 1. The molecule has 4 nitrogen and oxygen atoms in total. The molecule has 0 amide bonds. The number of aromatic nitrogens is 1. The minimum atomic E-state index is 0.722. The molecule has 1 N–H and O–H groups in total. The molecule has 106 valence electrons. The van der Waals surface area contributed by atoms with Crippen LogP contribution < -0.4 is 14.9 Å². The Kier molecular flexibility index (Phi) is 3.54. The lowest BCUT2D eigenvalue weighted by Crippen LogP contribution is -2.16. The summed E-state index contributed by atoms with van der Waals surface area (Å²) >= 11 is 0. The highest BCUT2D eigenvalue weighted by atomic mass is 16.5. The van der Waals surface area contributed by atoms with Gasteiger partial charge in [-0.1, -0.05) is 6.07 Å². The van der Waals surface area contributed by atoms with Crippen molar-refractivity contribution >= 4 is 0 Å². The van der Waals surface area contributed by atoms with Gasteiger partial charge in [-0.15, -0.1) is 0 Å². The summed E-state index contributed by atoms with van der Waals surface area (Å²) in [6.45, 7) is 6.39. The smallest absolute Gasteiger partial charge is 0.161 e. The molecule has 0 saturated heterocycles. The van der Waals surface area contributed by atoms with E-state index in [1.807, 2.05) is 6.07 Å². The first-order chi connectivity index (χ1) is 9.74. The number of nitrogens with one attached hydrogen (secondary N) is 1. The molecule has 0 bridgehead atoms. The van der Waals surface area contributed by atoms with Crippen molar-refractivity contribution in [3.8, 4) is 11.5 Å². The second-order valence-electron chi connectivity index (χ2n) is 5.12. The predicted molar refractivity (Wildman–Crippen MR) is 79.0 cm³/mol. The SMILES string of the molecule is Cc1ccc(C)n1NCc1ccc2c(c1)OCCCO2. The predicted octanol–water partition coefficient (Wildman–Crippen LogP) is 3.01. The monoisotopic (exact) mass is 272 g/mol. The van der Waals surface area contributed by atoms with E-state index in [9.17, 15) is 0 Å². The van der Waals surface area contributed by atoms with E-state index in [0.29, 0.717) is 0 Å². The standard InChI is InChI=1S/C16H20N2O2/c1-12-4-5-13(2)18(12)17-11-14-6-7-15-16(10-14)20-9-3-8-19-15/h4-7,10,17H,3,8-9,11H2,1-2H3. The van der Waals surface area contributed by atoms with Crippen LogP contribution in [0.25, 0.3) is 0 Å². The van der Waals surface area contributed by atoms with Gasteiger partial charge in [0.2, 0.25) is 0 Å². The Morgan fingerprint density at radius 3 is 2.45 bits per heavy atom. The van der Waals surface area contributed by atoms with Crippen molar-refractivity contribution in [3.63, 3.8) is 0 Å². The highest BCUT2D eigenvalue weighted by molar-refractivity contribution is 5.43. The van der Waals surface area contributed by atoms with Gasteiger partial charge in [0, 0.05) is 17.8 Å². The molecule has 0 fully saturated rings. The van der Waals surface area contributed by atoms with Crippen molar-refractivity contribution in [2.24, 2.45) is 0 Å². The molecule has 1 aliphatic heterocycles. The molecular formula is C16H20N2O2. The molecule has 2 aromatic rings. The minimum absolute atomic E-state index is 0.722. The fourth-order valence-electron chi connectivity index (χ4n) is 2.41. The van der Waals surface area contributed by atoms with Crippen LogP contribution in [-0.2, 0) is 6.54 Å². The zero-order valence-corrected chi connectivity index (χ0v) is 12.0. The van der Waals surface area contributed by atoms with Crippen LogP contribution in [0.1, 0.15) is 23.4 Å². The van der Waals surface area contributed by atoms with E-state index in [0.717, 1.165) is 37.7 Å². The molecule has 20 heavy (non-hydrogen) atoms. The Hall–Kier alpha value is -2.10. The van der Waals surface area contributed by atoms with Gasteiger partial charge in [0.1, 0.15) is 0 Å². The maximum atomic E-state index is 5.71. The fourth-order valence-corrected chi connectivity index (χ4v) is 2.41. The van der Waals surface area contributed by atoms with E-state index in [2.05, 4.69) is 48.2 Å². The molecule has 2 heterocycles. The Labute approximate surface area is 119 Å². The zero-order chi connectivity index (χ0) is 13.9. The Morgan fingerprint density at radius 2 is 1.70 bits per heavy atom. The molecule has 0 radical (unpaired) electrons. The maximum Gasteiger partial charge on any atom is 0.161 e. The van der Waals surface area contributed by atoms with Gasteiger partial charge in [0.05, 0.1) is 19.8 Å². The van der Waals surface area contributed by atoms with Crippen molar-refractivity contribution in [2.75, 3.05) is 18.6 Å². The van der Waals surface area contributed by atoms with Crippen LogP contribution in [-0.4, -0.2) is 17.9 Å². The van der Waals surface area contributed by atoms with E-state index in [1.165, 1.54) is 17.0 Å². The van der Waals surface area contributed by atoms with Gasteiger partial charge in [-0.25, -0.2) is 0 Å². The molecule has 3 rings (SSSR count). The third-order valence-electron chi connectivity index (χ3n) is 3.52. The third kappa shape index (κ3) is 2.59. The normalized spacial score (nSPS) is 13.9. The van der Waals surface area contributed by atoms with Gasteiger partial charge < -0.3 is 14.9 Å². The van der Waals surface area contributed by atoms with Crippen LogP contribution in [0.5, 0.6) is 11.5 Å². The van der Waals surface area contributed by atoms with E-state index in [1.54, 1.807) is 0 Å². The van der Waals surface area contributed by atoms with Crippen molar-refractivity contribution in [3.05, 3.63) is 47.3 Å². The molecule has 1 aromatic heterocycles. The Balaban J connectivity index is 1.73. The van der Waals surface area contributed by atoms with E-state index in [4.69, 9.17) is 9.47 Å². The number of nitrogens with zero attached hydrogens (tertiary/aromatic N) is 1. The fraction of sp³-hybridized carbons (Fsp3) is 0.375. The van der Waals surface area contributed by atoms with E-state index < -0.39 is 0 Å². The van der Waals surface area contributed by atoms with Crippen LogP contribution in [0.3, 0.4) is 0 Å². The van der Waals surface area contributed by atoms with Crippen LogP contribution in [0.15, 0.2) is 30.3 Å². The quantitative estimate of drug-likeness (QED) is 0.933. The van der Waals surface area contributed by atoms with Gasteiger partial charge in [0.25, 0.3) is 0 Å². The number of aryl methyl sites for hydroxylation is 2. The number of hydrogen-bond acceptors (Lipinski definition) is 3. The van der Waals surface area contributed by atoms with Gasteiger partial charge >= 0.3 is 0 Å². The molecule has 0 aliphatic carbocycles. The lowest BCUT2D eigenvalue weighted by Gasteiger charge is -2.14. The van der Waals surface area contributed by atoms with E-state index in [-0.39, 0.29) is 0 Å². The van der Waals surface area contributed by atoms with Crippen LogP contribution in [0, 0.1) is 13.8 Å². The Bertz CT molecular complexity index is 585. The second-order valence-corrected chi connectivity index (χ2v) is 5.12. The lowest BCUT2D eigenvalue weighted by atomic mass is 10.2. The highest BCUT2D eigenvalue weighted by Gasteiger charge is 2.10. The summed E-state index contributed by atoms with van der Waals surface area (Å²) < 4.78 is 13.5. The second kappa shape index (κ2) is 5.49. The number of fused-ring (bicyclic) bond motifs is 1. The summed E-state index contributed by atoms with van der Waals surface area (Å²) in [5, 5.41) is 0.